The molecule has 21 nitrogen and oxygen atoms in total. The number of hydrogen-bond donors (Lipinski definition) is 5. The van der Waals surface area contributed by atoms with Gasteiger partial charge in [-0.2, -0.15) is 0 Å². The van der Waals surface area contributed by atoms with Crippen molar-refractivity contribution >= 4 is 23.7 Å². The molecule has 0 aromatic rings. The number of ether oxygens (including phenoxy) is 12. The number of aliphatic hydroxyl groups excluding tert-OH is 2. The molecular weight excluding hydrogens is 1060 g/mol. The predicted molar refractivity (Wildman–Crippen MR) is 265 cm³/mol. The first-order valence-electron chi connectivity index (χ1n) is 30.0. The van der Waals surface area contributed by atoms with Gasteiger partial charge in [0.1, 0.15) is 120 Å². The second-order valence-electron chi connectivity index (χ2n) is 30.0. The molecule has 0 bridgehead atoms. The van der Waals surface area contributed by atoms with Gasteiger partial charge in [0, 0.05) is 68.9 Å². The molecule has 9 saturated heterocycles. The van der Waals surface area contributed by atoms with Gasteiger partial charge in [-0.3, -0.25) is 4.79 Å². The number of carbonyl (C=O) groups excluding carboxylic acids is 4. The number of hydrogen-bond acceptors (Lipinski definition) is 21. The van der Waals surface area contributed by atoms with E-state index in [-0.39, 0.29) is 110 Å². The van der Waals surface area contributed by atoms with Crippen LogP contribution in [-0.4, -0.2) is 203 Å². The molecule has 436 valence electrons. The van der Waals surface area contributed by atoms with Crippen LogP contribution < -0.4 is 0 Å². The summed E-state index contributed by atoms with van der Waals surface area (Å²) < 4.78 is 71.7. The lowest BCUT2D eigenvalue weighted by atomic mass is 9.45. The van der Waals surface area contributed by atoms with Gasteiger partial charge in [0.2, 0.25) is 5.78 Å². The fourth-order valence-corrected chi connectivity index (χ4v) is 22.8. The standard InChI is InChI=1S/2C20H24O7.C20H22O7/c3*1-8(2)18-12(26-18)13-20(27-13)16(3)5-4-9-10(7-24-14(9)21)17(16,23)6-11-19(20,25-11)15(18)22/h2*8,11-13,15,22-23H,4-7H2,1-3H3;8,11-13,23H,4-7H2,1-3H3/t11-,12-,13-,15+,16-,17+,18-,19+,20+;11-,12-,13-,15-,16-,17+,18-,19+,20+;11-,12-,13-,16-,17+,18-,19+,20+/m000/s1. The average Bonchev–Trinajstić information content (AvgIpc) is 1.44. The zero-order valence-corrected chi connectivity index (χ0v) is 46.8. The number of cyclic esters (lactones) is 3. The van der Waals surface area contributed by atoms with Crippen LogP contribution in [0.1, 0.15) is 120 Å². The molecule has 6 saturated carbocycles. The lowest BCUT2D eigenvalue weighted by molar-refractivity contribution is -0.163. The van der Waals surface area contributed by atoms with E-state index in [1.54, 1.807) is 0 Å². The lowest BCUT2D eigenvalue weighted by Crippen LogP contribution is -2.74. The first kappa shape index (κ1) is 49.9. The van der Waals surface area contributed by atoms with Gasteiger partial charge in [-0.25, -0.2) is 14.4 Å². The smallest absolute Gasteiger partial charge is 0.334 e. The van der Waals surface area contributed by atoms with Crippen LogP contribution in [0.4, 0.5) is 0 Å². The van der Waals surface area contributed by atoms with E-state index < -0.39 is 102 Å². The summed E-state index contributed by atoms with van der Waals surface area (Å²) in [5.41, 5.74) is -9.01. The van der Waals surface area contributed by atoms with Gasteiger partial charge in [-0.05, 0) is 56.3 Å². The topological polar surface area (TPSA) is 310 Å². The second-order valence-corrected chi connectivity index (χ2v) is 30.0. The van der Waals surface area contributed by atoms with E-state index in [2.05, 4.69) is 27.7 Å². The molecule has 5 N–H and O–H groups in total. The third kappa shape index (κ3) is 4.33. The SMILES string of the molecule is CC(C)[C@]12O[C@H]1[C@@H]1O[C@@]13[C@@]1(C)CCC4=C(COC4=O)[C@]1(O)C[C@@H]1O[C@@]13C2=O.CC(C)[C@]12O[C@H]1[C@@H]1O[C@]13[C@]1(O[C@H]1C[C@@]1(O)C4=C(CC[C@]31C)C(=O)OC4)[C@@H]2O.CC(C)[C@]12O[C@H]1[C@@H]1O[C@]13[C@]1(O[C@H]1C[C@@]1(O)C4=C(CC[C@]31C)C(=O)OC4)[C@H]2O. The van der Waals surface area contributed by atoms with Crippen molar-refractivity contribution in [3.63, 3.8) is 0 Å². The third-order valence-corrected chi connectivity index (χ3v) is 27.5. The molecule has 21 aliphatic rings. The van der Waals surface area contributed by atoms with E-state index in [1.165, 1.54) is 0 Å². The number of epoxide rings is 9. The van der Waals surface area contributed by atoms with E-state index in [9.17, 15) is 44.7 Å². The van der Waals surface area contributed by atoms with Crippen molar-refractivity contribution in [2.75, 3.05) is 19.8 Å². The molecule has 26 atom stereocenters. The highest BCUT2D eigenvalue weighted by atomic mass is 16.8. The molecule has 6 spiro atoms. The highest BCUT2D eigenvalue weighted by molar-refractivity contribution is 6.05. The van der Waals surface area contributed by atoms with Crippen molar-refractivity contribution in [3.8, 4) is 0 Å². The quantitative estimate of drug-likeness (QED) is 0.149. The molecule has 12 heterocycles. The Kier molecular flexibility index (Phi) is 8.13. The minimum absolute atomic E-state index is 0.00412. The first-order chi connectivity index (χ1) is 38.1. The van der Waals surface area contributed by atoms with Crippen LogP contribution in [0.3, 0.4) is 0 Å². The summed E-state index contributed by atoms with van der Waals surface area (Å²) >= 11 is 0. The van der Waals surface area contributed by atoms with Crippen molar-refractivity contribution in [2.24, 2.45) is 34.0 Å². The summed E-state index contributed by atoms with van der Waals surface area (Å²) in [4.78, 5) is 50.0. The van der Waals surface area contributed by atoms with Gasteiger partial charge in [0.05, 0.1) is 12.2 Å². The van der Waals surface area contributed by atoms with E-state index in [4.69, 9.17) is 56.8 Å². The van der Waals surface area contributed by atoms with E-state index in [1.807, 2.05) is 34.6 Å². The number of carbonyl (C=O) groups is 4. The van der Waals surface area contributed by atoms with Crippen LogP contribution in [0.15, 0.2) is 33.4 Å². The van der Waals surface area contributed by atoms with Crippen molar-refractivity contribution < 1.29 is 102 Å². The Morgan fingerprint density at radius 1 is 0.432 bits per heavy atom. The van der Waals surface area contributed by atoms with Gasteiger partial charge in [0.25, 0.3) is 0 Å². The summed E-state index contributed by atoms with van der Waals surface area (Å²) in [5, 5.41) is 58.7. The monoisotopic (exact) mass is 1130 g/mol. The zero-order chi connectivity index (χ0) is 56.3. The number of Topliss-reactive ketones (excluding diaryl/α,β-unsaturated/α-hetero) is 1. The number of esters is 3. The van der Waals surface area contributed by atoms with E-state index in [0.29, 0.717) is 91.2 Å². The number of fused-ring (bicyclic) bond motifs is 12. The largest absolute Gasteiger partial charge is 0.458 e. The molecule has 0 radical (unpaired) electrons. The van der Waals surface area contributed by atoms with E-state index >= 15 is 0 Å². The third-order valence-electron chi connectivity index (χ3n) is 27.5. The van der Waals surface area contributed by atoms with Crippen LogP contribution in [0.2, 0.25) is 0 Å². The molecular formula is C60H70O21. The van der Waals surface area contributed by atoms with Gasteiger partial charge in [0.15, 0.2) is 22.4 Å². The molecule has 0 unspecified atom stereocenters. The molecule has 21 heteroatoms. The molecule has 21 rings (SSSR count). The maximum Gasteiger partial charge on any atom is 0.334 e. The highest BCUT2D eigenvalue weighted by Crippen LogP contribution is 2.87. The Morgan fingerprint density at radius 2 is 0.802 bits per heavy atom. The van der Waals surface area contributed by atoms with Crippen LogP contribution in [0.5, 0.6) is 0 Å². The van der Waals surface area contributed by atoms with Crippen molar-refractivity contribution in [1.82, 2.24) is 0 Å². The summed E-state index contributed by atoms with van der Waals surface area (Å²) in [7, 11) is 0. The normalized spacial score (nSPS) is 63.1. The van der Waals surface area contributed by atoms with Gasteiger partial charge >= 0.3 is 17.9 Å². The van der Waals surface area contributed by atoms with Gasteiger partial charge in [-0.1, -0.05) is 62.3 Å². The summed E-state index contributed by atoms with van der Waals surface area (Å²) in [5.74, 6) is -0.616. The van der Waals surface area contributed by atoms with Gasteiger partial charge < -0.3 is 82.4 Å². The highest BCUT2D eigenvalue weighted by Gasteiger charge is 3.05. The predicted octanol–water partition coefficient (Wildman–Crippen LogP) is 0.862. The Hall–Kier alpha value is -3.26. The Morgan fingerprint density at radius 3 is 1.20 bits per heavy atom. The second kappa shape index (κ2) is 13.2. The molecule has 0 aromatic carbocycles. The van der Waals surface area contributed by atoms with E-state index in [0.717, 1.165) is 0 Å². The maximum atomic E-state index is 13.7. The summed E-state index contributed by atoms with van der Waals surface area (Å²) in [6.07, 6.45) is 0.583. The lowest BCUT2D eigenvalue weighted by Gasteiger charge is -2.57. The zero-order valence-electron chi connectivity index (χ0n) is 46.8. The molecule has 81 heavy (non-hydrogen) atoms. The van der Waals surface area contributed by atoms with Gasteiger partial charge in [-0.15, -0.1) is 0 Å². The molecule has 0 amide bonds. The summed E-state index contributed by atoms with van der Waals surface area (Å²) in [6.45, 7) is 18.7. The maximum absolute atomic E-state index is 13.7. The fourth-order valence-electron chi connectivity index (χ4n) is 22.8. The average molecular weight is 1130 g/mol. The van der Waals surface area contributed by atoms with Crippen molar-refractivity contribution in [3.05, 3.63) is 33.4 Å². The van der Waals surface area contributed by atoms with Crippen LogP contribution in [0.25, 0.3) is 0 Å². The van der Waals surface area contributed by atoms with Crippen LogP contribution in [-0.2, 0) is 76.0 Å². The number of ketones is 1. The van der Waals surface area contributed by atoms with Crippen LogP contribution in [0, 0.1) is 34.0 Å². The molecule has 15 fully saturated rings. The Balaban J connectivity index is 0.0000000907. The summed E-state index contributed by atoms with van der Waals surface area (Å²) in [6, 6.07) is 0. The first-order valence-corrected chi connectivity index (χ1v) is 30.0. The van der Waals surface area contributed by atoms with Crippen LogP contribution >= 0.6 is 0 Å². The van der Waals surface area contributed by atoms with Crippen molar-refractivity contribution in [1.29, 1.82) is 0 Å². The molecule has 12 aliphatic heterocycles. The Labute approximate surface area is 465 Å². The van der Waals surface area contributed by atoms with Crippen molar-refractivity contribution in [2.45, 2.75) is 254 Å². The minimum atomic E-state index is -1.26. The molecule has 9 aliphatic carbocycles. The fraction of sp³-hybridized carbons (Fsp3) is 0.833. The number of aliphatic hydroxyl groups is 5. The minimum Gasteiger partial charge on any atom is -0.458 e. The number of rotatable bonds is 3. The molecule has 0 aromatic heterocycles. The Bertz CT molecular complexity index is 3180.